The van der Waals surface area contributed by atoms with Crippen molar-refractivity contribution in [3.63, 3.8) is 0 Å². The number of hydrogen-bond acceptors (Lipinski definition) is 4. The summed E-state index contributed by atoms with van der Waals surface area (Å²) >= 11 is 0. The summed E-state index contributed by atoms with van der Waals surface area (Å²) in [5, 5.41) is 9.27. The maximum atomic E-state index is 14.5. The van der Waals surface area contributed by atoms with Crippen LogP contribution < -0.4 is 4.90 Å². The minimum atomic E-state index is -0.579. The molecule has 0 aromatic heterocycles. The van der Waals surface area contributed by atoms with E-state index in [1.807, 2.05) is 11.0 Å². The van der Waals surface area contributed by atoms with Gasteiger partial charge in [-0.15, -0.1) is 0 Å². The van der Waals surface area contributed by atoms with E-state index in [-0.39, 0.29) is 11.1 Å². The first-order valence-electron chi connectivity index (χ1n) is 8.13. The van der Waals surface area contributed by atoms with E-state index in [1.54, 1.807) is 6.07 Å². The second kappa shape index (κ2) is 7.89. The maximum Gasteiger partial charge on any atom is 0.203 e. The van der Waals surface area contributed by atoms with Crippen molar-refractivity contribution in [1.29, 1.82) is 5.26 Å². The number of allylic oxidation sites excluding steroid dienone is 1. The number of carbonyl (C=O) groups is 1. The third-order valence-corrected chi connectivity index (χ3v) is 4.11. The highest BCUT2D eigenvalue weighted by Gasteiger charge is 2.18. The first-order valence-corrected chi connectivity index (χ1v) is 8.13. The Kier molecular flexibility index (Phi) is 5.40. The zero-order valence-corrected chi connectivity index (χ0v) is 13.9. The molecule has 4 nitrogen and oxygen atoms in total. The van der Waals surface area contributed by atoms with E-state index in [2.05, 4.69) is 0 Å². The SMILES string of the molecule is N#CC(=Cc1ccc(F)cc1)C(=O)c1ccc(N2CCOCC2)c(F)c1. The number of benzene rings is 2. The van der Waals surface area contributed by atoms with Crippen molar-refractivity contribution in [3.8, 4) is 6.07 Å². The number of morpholine rings is 1. The molecule has 2 aromatic carbocycles. The van der Waals surface area contributed by atoms with Crippen LogP contribution in [-0.2, 0) is 4.74 Å². The molecule has 3 rings (SSSR count). The van der Waals surface area contributed by atoms with Gasteiger partial charge in [-0.25, -0.2) is 8.78 Å². The van der Waals surface area contributed by atoms with Crippen LogP contribution >= 0.6 is 0 Å². The number of hydrogen-bond donors (Lipinski definition) is 0. The number of nitriles is 1. The van der Waals surface area contributed by atoms with Gasteiger partial charge in [-0.05, 0) is 42.0 Å². The Morgan fingerprint density at radius 2 is 1.81 bits per heavy atom. The van der Waals surface area contributed by atoms with Crippen molar-refractivity contribution in [1.82, 2.24) is 0 Å². The lowest BCUT2D eigenvalue weighted by molar-refractivity contribution is 0.103. The number of ether oxygens (including phenoxy) is 1. The summed E-state index contributed by atoms with van der Waals surface area (Å²) in [6.07, 6.45) is 1.36. The Hall–Kier alpha value is -3.04. The van der Waals surface area contributed by atoms with Crippen LogP contribution in [0.5, 0.6) is 0 Å². The minimum Gasteiger partial charge on any atom is -0.378 e. The molecular formula is C20H16F2N2O2. The van der Waals surface area contributed by atoms with Crippen LogP contribution in [0.4, 0.5) is 14.5 Å². The van der Waals surface area contributed by atoms with Gasteiger partial charge in [0.25, 0.3) is 0 Å². The molecule has 1 heterocycles. The molecule has 132 valence electrons. The van der Waals surface area contributed by atoms with Gasteiger partial charge in [-0.2, -0.15) is 5.26 Å². The Morgan fingerprint density at radius 3 is 2.42 bits per heavy atom. The highest BCUT2D eigenvalue weighted by atomic mass is 19.1. The highest BCUT2D eigenvalue weighted by Crippen LogP contribution is 2.23. The molecule has 6 heteroatoms. The molecular weight excluding hydrogens is 338 g/mol. The summed E-state index contributed by atoms with van der Waals surface area (Å²) in [6, 6.07) is 11.4. The van der Waals surface area contributed by atoms with Gasteiger partial charge in [0.05, 0.1) is 18.9 Å². The van der Waals surface area contributed by atoms with Crippen LogP contribution in [0.25, 0.3) is 6.08 Å². The molecule has 0 radical (unpaired) electrons. The summed E-state index contributed by atoms with van der Waals surface area (Å²) < 4.78 is 32.7. The molecule has 1 aliphatic rings. The molecule has 0 amide bonds. The second-order valence-electron chi connectivity index (χ2n) is 5.82. The van der Waals surface area contributed by atoms with E-state index in [0.717, 1.165) is 6.07 Å². The summed E-state index contributed by atoms with van der Waals surface area (Å²) in [5.41, 5.74) is 0.872. The molecule has 0 atom stereocenters. The smallest absolute Gasteiger partial charge is 0.203 e. The van der Waals surface area contributed by atoms with Crippen LogP contribution in [0, 0.1) is 23.0 Å². The number of halogens is 2. The van der Waals surface area contributed by atoms with Gasteiger partial charge in [0.2, 0.25) is 5.78 Å². The lowest BCUT2D eigenvalue weighted by atomic mass is 10.0. The van der Waals surface area contributed by atoms with Crippen LogP contribution in [0.3, 0.4) is 0 Å². The number of nitrogens with zero attached hydrogens (tertiary/aromatic N) is 2. The van der Waals surface area contributed by atoms with Crippen LogP contribution in [0.1, 0.15) is 15.9 Å². The highest BCUT2D eigenvalue weighted by molar-refractivity contribution is 6.14. The third kappa shape index (κ3) is 3.95. The predicted octanol–water partition coefficient (Wildman–Crippen LogP) is 3.59. The van der Waals surface area contributed by atoms with E-state index < -0.39 is 17.4 Å². The quantitative estimate of drug-likeness (QED) is 0.478. The molecule has 0 N–H and O–H groups in total. The van der Waals surface area contributed by atoms with Gasteiger partial charge in [0, 0.05) is 18.7 Å². The second-order valence-corrected chi connectivity index (χ2v) is 5.82. The Labute approximate surface area is 149 Å². The largest absolute Gasteiger partial charge is 0.378 e. The third-order valence-electron chi connectivity index (χ3n) is 4.11. The molecule has 2 aromatic rings. The van der Waals surface area contributed by atoms with Crippen molar-refractivity contribution in [2.45, 2.75) is 0 Å². The van der Waals surface area contributed by atoms with Crippen LogP contribution in [0.15, 0.2) is 48.0 Å². The van der Waals surface area contributed by atoms with Gasteiger partial charge in [0.15, 0.2) is 0 Å². The maximum absolute atomic E-state index is 14.5. The van der Waals surface area contributed by atoms with E-state index in [4.69, 9.17) is 4.74 Å². The molecule has 1 saturated heterocycles. The average Bonchev–Trinajstić information content (AvgIpc) is 2.67. The molecule has 0 spiro atoms. The molecule has 1 aliphatic heterocycles. The summed E-state index contributed by atoms with van der Waals surface area (Å²) in [7, 11) is 0. The molecule has 26 heavy (non-hydrogen) atoms. The van der Waals surface area contributed by atoms with Crippen molar-refractivity contribution in [2.24, 2.45) is 0 Å². The topological polar surface area (TPSA) is 53.3 Å². The number of carbonyl (C=O) groups excluding carboxylic acids is 1. The first-order chi connectivity index (χ1) is 12.6. The van der Waals surface area contributed by atoms with Gasteiger partial charge in [-0.3, -0.25) is 4.79 Å². The van der Waals surface area contributed by atoms with Gasteiger partial charge >= 0.3 is 0 Å². The first kappa shape index (κ1) is 17.8. The van der Waals surface area contributed by atoms with Gasteiger partial charge < -0.3 is 9.64 Å². The van der Waals surface area contributed by atoms with Crippen molar-refractivity contribution < 1.29 is 18.3 Å². The van der Waals surface area contributed by atoms with Crippen molar-refractivity contribution >= 4 is 17.5 Å². The van der Waals surface area contributed by atoms with Gasteiger partial charge in [-0.1, -0.05) is 12.1 Å². The Balaban J connectivity index is 1.85. The van der Waals surface area contributed by atoms with E-state index in [9.17, 15) is 18.8 Å². The fraction of sp³-hybridized carbons (Fsp3) is 0.200. The molecule has 0 aliphatic carbocycles. The fourth-order valence-corrected chi connectivity index (χ4v) is 2.74. The summed E-state index contributed by atoms with van der Waals surface area (Å²) in [6.45, 7) is 2.22. The summed E-state index contributed by atoms with van der Waals surface area (Å²) in [4.78, 5) is 14.4. The predicted molar refractivity (Wildman–Crippen MR) is 93.8 cm³/mol. The number of Topliss-reactive ketones (excluding diaryl/α,β-unsaturated/α-hetero) is 1. The lowest BCUT2D eigenvalue weighted by Crippen LogP contribution is -2.36. The van der Waals surface area contributed by atoms with E-state index in [1.165, 1.54) is 36.4 Å². The van der Waals surface area contributed by atoms with E-state index in [0.29, 0.717) is 37.6 Å². The number of rotatable bonds is 4. The molecule has 0 unspecified atom stereocenters. The zero-order valence-electron chi connectivity index (χ0n) is 13.9. The van der Waals surface area contributed by atoms with Gasteiger partial charge in [0.1, 0.15) is 23.3 Å². The standard InChI is InChI=1S/C20H16F2N2O2/c21-17-4-1-14(2-5-17)11-16(13-23)20(25)15-3-6-19(18(22)12-15)24-7-9-26-10-8-24/h1-6,11-12H,7-10H2. The number of ketones is 1. The van der Waals surface area contributed by atoms with Crippen molar-refractivity contribution in [2.75, 3.05) is 31.2 Å². The molecule has 0 saturated carbocycles. The normalized spacial score (nSPS) is 14.8. The Morgan fingerprint density at radius 1 is 1.12 bits per heavy atom. The molecule has 1 fully saturated rings. The average molecular weight is 354 g/mol. The lowest BCUT2D eigenvalue weighted by Gasteiger charge is -2.29. The zero-order chi connectivity index (χ0) is 18.5. The minimum absolute atomic E-state index is 0.0921. The Bertz CT molecular complexity index is 880. The van der Waals surface area contributed by atoms with Crippen LogP contribution in [-0.4, -0.2) is 32.1 Å². The van der Waals surface area contributed by atoms with Crippen molar-refractivity contribution in [3.05, 3.63) is 70.8 Å². The van der Waals surface area contributed by atoms with Crippen LogP contribution in [0.2, 0.25) is 0 Å². The summed E-state index contributed by atoms with van der Waals surface area (Å²) in [5.74, 6) is -1.51. The fourth-order valence-electron chi connectivity index (χ4n) is 2.74. The number of anilines is 1. The monoisotopic (exact) mass is 354 g/mol. The van der Waals surface area contributed by atoms with E-state index >= 15 is 0 Å². The molecule has 0 bridgehead atoms.